The Morgan fingerprint density at radius 1 is 1.28 bits per heavy atom. The summed E-state index contributed by atoms with van der Waals surface area (Å²) < 4.78 is 7.71. The summed E-state index contributed by atoms with van der Waals surface area (Å²) in [5, 5.41) is 0. The van der Waals surface area contributed by atoms with Crippen molar-refractivity contribution < 1.29 is 4.74 Å². The molecule has 0 saturated heterocycles. The molecule has 0 aliphatic heterocycles. The van der Waals surface area contributed by atoms with Gasteiger partial charge >= 0.3 is 0 Å². The fourth-order valence-corrected chi connectivity index (χ4v) is 4.57. The molecule has 0 amide bonds. The molecule has 128 valence electrons. The fourth-order valence-electron chi connectivity index (χ4n) is 3.34. The van der Waals surface area contributed by atoms with Crippen LogP contribution in [0.5, 0.6) is 5.75 Å². The lowest BCUT2D eigenvalue weighted by Gasteiger charge is -2.11. The first-order valence-corrected chi connectivity index (χ1v) is 9.43. The van der Waals surface area contributed by atoms with Crippen molar-refractivity contribution in [3.8, 4) is 5.75 Å². The molecule has 4 nitrogen and oxygen atoms in total. The molecule has 1 aliphatic rings. The highest BCUT2D eigenvalue weighted by Gasteiger charge is 2.18. The maximum absolute atomic E-state index is 12.6. The number of nitrogens with zero attached hydrogens (tertiary/aromatic N) is 2. The summed E-state index contributed by atoms with van der Waals surface area (Å²) in [5.41, 5.74) is 2.92. The van der Waals surface area contributed by atoms with Gasteiger partial charge in [0.1, 0.15) is 12.4 Å². The van der Waals surface area contributed by atoms with E-state index in [1.54, 1.807) is 21.8 Å². The summed E-state index contributed by atoms with van der Waals surface area (Å²) >= 11 is 1.64. The third kappa shape index (κ3) is 3.12. The molecule has 3 aromatic rings. The largest absolute Gasteiger partial charge is 0.487 e. The number of fused-ring (bicyclic) bond motifs is 3. The van der Waals surface area contributed by atoms with Crippen molar-refractivity contribution in [2.75, 3.05) is 0 Å². The zero-order valence-electron chi connectivity index (χ0n) is 14.0. The topological polar surface area (TPSA) is 43.6 Å². The number of allylic oxidation sites excluding steroid dienone is 1. The first-order chi connectivity index (χ1) is 12.3. The minimum atomic E-state index is 0.00220. The smallest absolute Gasteiger partial charge is 0.259 e. The second-order valence-corrected chi connectivity index (χ2v) is 7.33. The molecule has 25 heavy (non-hydrogen) atoms. The Morgan fingerprint density at radius 2 is 2.12 bits per heavy atom. The Morgan fingerprint density at radius 3 is 3.00 bits per heavy atom. The fraction of sp³-hybridized carbons (Fsp3) is 0.300. The number of aryl methyl sites for hydroxylation is 2. The summed E-state index contributed by atoms with van der Waals surface area (Å²) in [7, 11) is 0. The molecule has 1 aliphatic carbocycles. The van der Waals surface area contributed by atoms with Gasteiger partial charge in [0.15, 0.2) is 4.96 Å². The molecule has 2 heterocycles. The minimum absolute atomic E-state index is 0.00220. The third-order valence-electron chi connectivity index (χ3n) is 4.53. The molecule has 4 rings (SSSR count). The van der Waals surface area contributed by atoms with Gasteiger partial charge < -0.3 is 4.74 Å². The maximum atomic E-state index is 12.6. The zero-order valence-corrected chi connectivity index (χ0v) is 14.8. The van der Waals surface area contributed by atoms with Crippen molar-refractivity contribution in [2.45, 2.75) is 38.7 Å². The average Bonchev–Trinajstić information content (AvgIpc) is 3.00. The molecule has 2 aromatic heterocycles. The number of ether oxygens (including phenoxy) is 1. The van der Waals surface area contributed by atoms with Crippen molar-refractivity contribution in [2.24, 2.45) is 0 Å². The van der Waals surface area contributed by atoms with E-state index in [0.717, 1.165) is 47.7 Å². The Balaban J connectivity index is 1.62. The highest BCUT2D eigenvalue weighted by Crippen LogP contribution is 2.28. The van der Waals surface area contributed by atoms with E-state index < -0.39 is 0 Å². The van der Waals surface area contributed by atoms with Gasteiger partial charge in [-0.25, -0.2) is 4.98 Å². The molecule has 0 saturated carbocycles. The molecule has 1 aromatic carbocycles. The van der Waals surface area contributed by atoms with Gasteiger partial charge in [-0.1, -0.05) is 24.3 Å². The van der Waals surface area contributed by atoms with Gasteiger partial charge in [0.05, 0.1) is 5.69 Å². The van der Waals surface area contributed by atoms with E-state index >= 15 is 0 Å². The van der Waals surface area contributed by atoms with Crippen LogP contribution in [0.4, 0.5) is 0 Å². The molecule has 0 atom stereocenters. The van der Waals surface area contributed by atoms with Crippen molar-refractivity contribution in [1.29, 1.82) is 0 Å². The standard InChI is InChI=1S/C20H20N2O2S/c1-2-7-14-8-3-5-10-17(14)24-13-15-12-19(23)22-16-9-4-6-11-18(16)25-20(22)21-15/h2-3,5,8,10,12H,1,4,6-7,9,11,13H2. The number of hydrogen-bond acceptors (Lipinski definition) is 4. The number of rotatable bonds is 5. The molecule has 0 bridgehead atoms. The van der Waals surface area contributed by atoms with Crippen molar-refractivity contribution in [1.82, 2.24) is 9.38 Å². The minimum Gasteiger partial charge on any atom is -0.487 e. The molecule has 0 radical (unpaired) electrons. The number of aromatic nitrogens is 2. The summed E-state index contributed by atoms with van der Waals surface area (Å²) in [6.45, 7) is 4.08. The monoisotopic (exact) mass is 352 g/mol. The van der Waals surface area contributed by atoms with Crippen LogP contribution in [0, 0.1) is 0 Å². The highest BCUT2D eigenvalue weighted by molar-refractivity contribution is 7.17. The van der Waals surface area contributed by atoms with Gasteiger partial charge in [0.25, 0.3) is 5.56 Å². The average molecular weight is 352 g/mol. The van der Waals surface area contributed by atoms with Crippen LogP contribution in [0.1, 0.15) is 34.7 Å². The second kappa shape index (κ2) is 6.84. The Labute approximate surface area is 150 Å². The molecular weight excluding hydrogens is 332 g/mol. The molecule has 5 heteroatoms. The van der Waals surface area contributed by atoms with Crippen LogP contribution in [-0.4, -0.2) is 9.38 Å². The Hall–Kier alpha value is -2.40. The quantitative estimate of drug-likeness (QED) is 0.653. The molecular formula is C20H20N2O2S. The van der Waals surface area contributed by atoms with E-state index in [2.05, 4.69) is 11.6 Å². The lowest BCUT2D eigenvalue weighted by molar-refractivity contribution is 0.298. The summed E-state index contributed by atoms with van der Waals surface area (Å²) in [5.74, 6) is 0.815. The van der Waals surface area contributed by atoms with Crippen LogP contribution in [0.2, 0.25) is 0 Å². The number of hydrogen-bond donors (Lipinski definition) is 0. The maximum Gasteiger partial charge on any atom is 0.259 e. The highest BCUT2D eigenvalue weighted by atomic mass is 32.1. The van der Waals surface area contributed by atoms with Gasteiger partial charge in [-0.2, -0.15) is 0 Å². The SMILES string of the molecule is C=CCc1ccccc1OCc1cc(=O)n2c3c(sc2n1)CCCC3. The molecule has 0 N–H and O–H groups in total. The van der Waals surface area contributed by atoms with Crippen LogP contribution in [0.15, 0.2) is 47.8 Å². The lowest BCUT2D eigenvalue weighted by Crippen LogP contribution is -2.18. The molecule has 0 unspecified atom stereocenters. The summed E-state index contributed by atoms with van der Waals surface area (Å²) in [6.07, 6.45) is 6.99. The predicted molar refractivity (Wildman–Crippen MR) is 101 cm³/mol. The van der Waals surface area contributed by atoms with Gasteiger partial charge in [-0.3, -0.25) is 9.20 Å². The van der Waals surface area contributed by atoms with Gasteiger partial charge in [0.2, 0.25) is 0 Å². The number of para-hydroxylation sites is 1. The van der Waals surface area contributed by atoms with Crippen LogP contribution in [0.25, 0.3) is 4.96 Å². The third-order valence-corrected chi connectivity index (χ3v) is 5.67. The summed E-state index contributed by atoms with van der Waals surface area (Å²) in [4.78, 5) is 19.3. The van der Waals surface area contributed by atoms with Crippen molar-refractivity contribution in [3.05, 3.63) is 75.2 Å². The summed E-state index contributed by atoms with van der Waals surface area (Å²) in [6, 6.07) is 9.49. The van der Waals surface area contributed by atoms with Crippen molar-refractivity contribution in [3.63, 3.8) is 0 Å². The number of thiazole rings is 1. The van der Waals surface area contributed by atoms with Crippen LogP contribution >= 0.6 is 11.3 Å². The van der Waals surface area contributed by atoms with Crippen LogP contribution < -0.4 is 10.3 Å². The van der Waals surface area contributed by atoms with Gasteiger partial charge in [0, 0.05) is 16.6 Å². The molecule has 0 fully saturated rings. The van der Waals surface area contributed by atoms with E-state index in [-0.39, 0.29) is 5.56 Å². The van der Waals surface area contributed by atoms with Crippen LogP contribution in [0.3, 0.4) is 0 Å². The zero-order chi connectivity index (χ0) is 17.2. The number of benzene rings is 1. The second-order valence-electron chi connectivity index (χ2n) is 6.27. The van der Waals surface area contributed by atoms with E-state index in [1.165, 1.54) is 11.3 Å². The lowest BCUT2D eigenvalue weighted by atomic mass is 10.0. The van der Waals surface area contributed by atoms with E-state index in [0.29, 0.717) is 12.3 Å². The normalized spacial score (nSPS) is 13.6. The van der Waals surface area contributed by atoms with E-state index in [1.807, 2.05) is 30.3 Å². The van der Waals surface area contributed by atoms with Crippen molar-refractivity contribution >= 4 is 16.3 Å². The van der Waals surface area contributed by atoms with E-state index in [9.17, 15) is 4.79 Å². The predicted octanol–water partition coefficient (Wildman–Crippen LogP) is 3.94. The first kappa shape index (κ1) is 16.1. The first-order valence-electron chi connectivity index (χ1n) is 8.61. The van der Waals surface area contributed by atoms with Gasteiger partial charge in [-0.05, 0) is 43.7 Å². The molecule has 0 spiro atoms. The van der Waals surface area contributed by atoms with Gasteiger partial charge in [-0.15, -0.1) is 17.9 Å². The Bertz CT molecular complexity index is 987. The Kier molecular flexibility index (Phi) is 4.40. The van der Waals surface area contributed by atoms with E-state index in [4.69, 9.17) is 4.74 Å². The van der Waals surface area contributed by atoms with Crippen LogP contribution in [-0.2, 0) is 25.9 Å².